The maximum Gasteiger partial charge on any atom is 0.284 e. The fourth-order valence-electron chi connectivity index (χ4n) is 5.87. The number of aryl methyl sites for hydroxylation is 1. The van der Waals surface area contributed by atoms with E-state index in [-0.39, 0.29) is 41.2 Å². The third kappa shape index (κ3) is 9.16. The van der Waals surface area contributed by atoms with Gasteiger partial charge in [-0.05, 0) is 30.7 Å². The Bertz CT molecular complexity index is 2050. The SMILES string of the molecule is Cn1cc(NC(=O)c2coc(-c3cccnc3NCCOCCOCCOCCNc3cccc4c3C(=O)N(C3CCC(=O)NC3=O)C4=O)n2)c(C(F)F)n1. The smallest absolute Gasteiger partial charge is 0.284 e. The average Bonchev–Trinajstić information content (AvgIpc) is 3.87. The number of hydrogen-bond acceptors (Lipinski definition) is 14. The summed E-state index contributed by atoms with van der Waals surface area (Å²) in [6, 6.07) is 7.17. The van der Waals surface area contributed by atoms with E-state index in [1.807, 2.05) is 0 Å². The summed E-state index contributed by atoms with van der Waals surface area (Å²) in [6.45, 7) is 2.61. The van der Waals surface area contributed by atoms with E-state index in [2.05, 4.69) is 36.3 Å². The lowest BCUT2D eigenvalue weighted by Crippen LogP contribution is -2.54. The van der Waals surface area contributed by atoms with Crippen molar-refractivity contribution in [3.05, 3.63) is 71.5 Å². The molecule has 3 aromatic heterocycles. The van der Waals surface area contributed by atoms with Crippen molar-refractivity contribution in [3.63, 3.8) is 0 Å². The predicted molar refractivity (Wildman–Crippen MR) is 188 cm³/mol. The minimum atomic E-state index is -2.87. The Morgan fingerprint density at radius 2 is 1.65 bits per heavy atom. The first-order chi connectivity index (χ1) is 26.6. The van der Waals surface area contributed by atoms with Crippen LogP contribution in [0.15, 0.2) is 53.4 Å². The molecule has 20 heteroatoms. The number of aromatic nitrogens is 4. The van der Waals surface area contributed by atoms with Gasteiger partial charge >= 0.3 is 0 Å². The average molecular weight is 766 g/mol. The maximum atomic E-state index is 13.2. The number of nitrogens with zero attached hydrogens (tertiary/aromatic N) is 5. The number of fused-ring (bicyclic) bond motifs is 1. The van der Waals surface area contributed by atoms with E-state index < -0.39 is 47.7 Å². The minimum Gasteiger partial charge on any atom is -0.443 e. The predicted octanol–water partition coefficient (Wildman–Crippen LogP) is 2.63. The fraction of sp³-hybridized carbons (Fsp3) is 0.371. The second-order valence-electron chi connectivity index (χ2n) is 12.2. The standard InChI is InChI=1S/C35H37F2N9O9/c1-45-18-23(28(44-45)29(36)37)41-31(48)24-19-55-33(42-24)21-5-3-9-39-30(21)40-11-13-53-15-17-54-16-14-52-12-10-38-22-6-2-4-20-27(22)35(51)46(34(20)50)25-7-8-26(47)43-32(25)49/h2-6,9,18-19,25,29,38H,7-8,10-17H2,1H3,(H,39,40)(H,41,48)(H,43,47,49). The van der Waals surface area contributed by atoms with E-state index in [4.69, 9.17) is 18.6 Å². The molecule has 4 N–H and O–H groups in total. The van der Waals surface area contributed by atoms with Crippen LogP contribution in [0, 0.1) is 0 Å². The molecule has 2 aliphatic heterocycles. The van der Waals surface area contributed by atoms with Crippen LogP contribution in [-0.2, 0) is 30.8 Å². The summed E-state index contributed by atoms with van der Waals surface area (Å²) in [5, 5.41) is 14.5. The molecule has 290 valence electrons. The molecule has 1 fully saturated rings. The lowest BCUT2D eigenvalue weighted by Gasteiger charge is -2.27. The Morgan fingerprint density at radius 3 is 2.38 bits per heavy atom. The fourth-order valence-corrected chi connectivity index (χ4v) is 5.87. The van der Waals surface area contributed by atoms with E-state index in [1.54, 1.807) is 30.5 Å². The van der Waals surface area contributed by atoms with Gasteiger partial charge in [0.1, 0.15) is 18.1 Å². The van der Waals surface area contributed by atoms with Gasteiger partial charge in [0.05, 0.1) is 62.0 Å². The zero-order valence-corrected chi connectivity index (χ0v) is 29.5. The third-order valence-corrected chi connectivity index (χ3v) is 8.40. The van der Waals surface area contributed by atoms with Crippen LogP contribution in [0.4, 0.5) is 26.0 Å². The van der Waals surface area contributed by atoms with Gasteiger partial charge in [-0.2, -0.15) is 5.10 Å². The van der Waals surface area contributed by atoms with Gasteiger partial charge in [0.25, 0.3) is 24.1 Å². The Labute approximate surface area is 311 Å². The number of anilines is 3. The Balaban J connectivity index is 0.844. The topological polar surface area (TPSA) is 221 Å². The van der Waals surface area contributed by atoms with Crippen LogP contribution in [0.3, 0.4) is 0 Å². The molecule has 0 bridgehead atoms. The van der Waals surface area contributed by atoms with E-state index >= 15 is 0 Å². The van der Waals surface area contributed by atoms with E-state index in [0.717, 1.165) is 11.2 Å². The molecule has 0 aliphatic carbocycles. The number of piperidine rings is 1. The number of benzene rings is 1. The van der Waals surface area contributed by atoms with Crippen molar-refractivity contribution in [3.8, 4) is 11.5 Å². The van der Waals surface area contributed by atoms with Crippen molar-refractivity contribution in [2.45, 2.75) is 25.3 Å². The van der Waals surface area contributed by atoms with Crippen LogP contribution < -0.4 is 21.3 Å². The van der Waals surface area contributed by atoms with E-state index in [1.165, 1.54) is 24.0 Å². The van der Waals surface area contributed by atoms with Crippen molar-refractivity contribution < 1.29 is 51.4 Å². The second-order valence-corrected chi connectivity index (χ2v) is 12.2. The molecule has 1 unspecified atom stereocenters. The number of oxazole rings is 1. The highest BCUT2D eigenvalue weighted by atomic mass is 19.3. The summed E-state index contributed by atoms with van der Waals surface area (Å²) in [4.78, 5) is 72.1. The molecule has 0 radical (unpaired) electrons. The van der Waals surface area contributed by atoms with Crippen molar-refractivity contribution in [2.24, 2.45) is 7.05 Å². The Hall–Kier alpha value is -6.12. The third-order valence-electron chi connectivity index (χ3n) is 8.40. The van der Waals surface area contributed by atoms with Gasteiger partial charge < -0.3 is 34.6 Å². The van der Waals surface area contributed by atoms with Crippen molar-refractivity contribution in [2.75, 3.05) is 68.7 Å². The van der Waals surface area contributed by atoms with E-state index in [9.17, 15) is 32.8 Å². The lowest BCUT2D eigenvalue weighted by atomic mass is 10.0. The molecule has 4 aromatic rings. The summed E-state index contributed by atoms with van der Waals surface area (Å²) in [5.74, 6) is -2.47. The van der Waals surface area contributed by atoms with Crippen LogP contribution in [0.5, 0.6) is 0 Å². The first-order valence-electron chi connectivity index (χ1n) is 17.2. The number of imide groups is 2. The highest BCUT2D eigenvalue weighted by molar-refractivity contribution is 6.25. The first-order valence-corrected chi connectivity index (χ1v) is 17.2. The summed E-state index contributed by atoms with van der Waals surface area (Å²) in [6.07, 6.45) is 1.21. The normalized spacial score (nSPS) is 15.4. The van der Waals surface area contributed by atoms with Crippen molar-refractivity contribution >= 4 is 46.7 Å². The molecule has 2 aliphatic rings. The summed E-state index contributed by atoms with van der Waals surface area (Å²) >= 11 is 0. The number of nitrogens with one attached hydrogen (secondary N) is 4. The minimum absolute atomic E-state index is 0.0435. The molecule has 5 heterocycles. The summed E-state index contributed by atoms with van der Waals surface area (Å²) in [5.41, 5.74) is 0.486. The highest BCUT2D eigenvalue weighted by Crippen LogP contribution is 2.32. The number of hydrogen-bond donors (Lipinski definition) is 4. The molecule has 0 spiro atoms. The molecule has 5 amide bonds. The quantitative estimate of drug-likeness (QED) is 0.0797. The van der Waals surface area contributed by atoms with Gasteiger partial charge in [-0.3, -0.25) is 38.9 Å². The number of ether oxygens (including phenoxy) is 3. The Kier molecular flexibility index (Phi) is 12.5. The molecule has 18 nitrogen and oxygen atoms in total. The Morgan fingerprint density at radius 1 is 0.945 bits per heavy atom. The first kappa shape index (κ1) is 38.6. The van der Waals surface area contributed by atoms with Gasteiger partial charge in [0.2, 0.25) is 17.7 Å². The number of rotatable bonds is 19. The summed E-state index contributed by atoms with van der Waals surface area (Å²) < 4.78 is 49.9. The van der Waals surface area contributed by atoms with Crippen molar-refractivity contribution in [1.82, 2.24) is 30.0 Å². The molecule has 1 aromatic carbocycles. The zero-order valence-electron chi connectivity index (χ0n) is 29.5. The molecular weight excluding hydrogens is 728 g/mol. The number of amides is 5. The number of carbonyl (C=O) groups excluding carboxylic acids is 5. The number of pyridine rings is 1. The van der Waals surface area contributed by atoms with Gasteiger partial charge in [-0.25, -0.2) is 18.7 Å². The zero-order chi connectivity index (χ0) is 38.9. The van der Waals surface area contributed by atoms with Gasteiger partial charge in [-0.1, -0.05) is 6.07 Å². The van der Waals surface area contributed by atoms with Crippen LogP contribution >= 0.6 is 0 Å². The van der Waals surface area contributed by atoms with Crippen LogP contribution in [-0.4, -0.2) is 113 Å². The molecule has 55 heavy (non-hydrogen) atoms. The number of halogens is 2. The van der Waals surface area contributed by atoms with Gasteiger partial charge in [-0.15, -0.1) is 0 Å². The van der Waals surface area contributed by atoms with Crippen LogP contribution in [0.25, 0.3) is 11.5 Å². The molecule has 0 saturated carbocycles. The van der Waals surface area contributed by atoms with Gasteiger partial charge in [0.15, 0.2) is 11.4 Å². The maximum absolute atomic E-state index is 13.2. The number of alkyl halides is 2. The largest absolute Gasteiger partial charge is 0.443 e. The summed E-state index contributed by atoms with van der Waals surface area (Å²) in [7, 11) is 1.46. The monoisotopic (exact) mass is 765 g/mol. The highest BCUT2D eigenvalue weighted by Gasteiger charge is 2.45. The van der Waals surface area contributed by atoms with Gasteiger partial charge in [0, 0.05) is 44.6 Å². The van der Waals surface area contributed by atoms with Crippen molar-refractivity contribution in [1.29, 1.82) is 0 Å². The molecule has 6 rings (SSSR count). The second kappa shape index (κ2) is 17.8. The van der Waals surface area contributed by atoms with E-state index in [0.29, 0.717) is 69.8 Å². The van der Waals surface area contributed by atoms with Crippen LogP contribution in [0.1, 0.15) is 56.2 Å². The number of carbonyl (C=O) groups is 5. The molecular formula is C35H37F2N9O9. The molecule has 1 saturated heterocycles. The molecule has 1 atom stereocenters. The van der Waals surface area contributed by atoms with Crippen LogP contribution in [0.2, 0.25) is 0 Å². The lowest BCUT2D eigenvalue weighted by molar-refractivity contribution is -0.136.